The minimum absolute atomic E-state index is 0.566. The predicted octanol–water partition coefficient (Wildman–Crippen LogP) is 1.72. The topological polar surface area (TPSA) is 34.0 Å². The number of fused-ring (bicyclic) bond motifs is 1. The van der Waals surface area contributed by atoms with Gasteiger partial charge < -0.3 is 5.01 Å². The second kappa shape index (κ2) is 4.29. The van der Waals surface area contributed by atoms with E-state index in [1.807, 2.05) is 43.0 Å². The third-order valence-electron chi connectivity index (χ3n) is 2.51. The summed E-state index contributed by atoms with van der Waals surface area (Å²) in [6.07, 6.45) is 2.55. The molecule has 2 rings (SSSR count). The number of hydrogen-bond donors (Lipinski definition) is 0. The van der Waals surface area contributed by atoms with E-state index in [4.69, 9.17) is 11.6 Å². The van der Waals surface area contributed by atoms with Crippen LogP contribution >= 0.6 is 11.6 Å². The lowest BCUT2D eigenvalue weighted by atomic mass is 10.3. The Labute approximate surface area is 99.8 Å². The molecule has 0 N–H and O–H groups in total. The highest BCUT2D eigenvalue weighted by Gasteiger charge is 2.13. The van der Waals surface area contributed by atoms with Crippen LogP contribution in [-0.2, 0) is 6.42 Å². The third-order valence-corrected chi connectivity index (χ3v) is 2.70. The standard InChI is InChI=1S/C11H15ClN4/c1-8-5-7-13-11-10(8)14-9(4-6-12)16(11)15(2)3/h5,7H,4,6H2,1-3H3. The Morgan fingerprint density at radius 3 is 2.81 bits per heavy atom. The molecule has 0 aliphatic carbocycles. The lowest BCUT2D eigenvalue weighted by Gasteiger charge is -2.16. The molecular weight excluding hydrogens is 224 g/mol. The Kier molecular flexibility index (Phi) is 3.01. The number of aromatic nitrogens is 3. The van der Waals surface area contributed by atoms with Crippen LogP contribution in [0.2, 0.25) is 0 Å². The van der Waals surface area contributed by atoms with E-state index in [1.165, 1.54) is 0 Å². The highest BCUT2D eigenvalue weighted by Crippen LogP contribution is 2.17. The van der Waals surface area contributed by atoms with Crippen molar-refractivity contribution in [3.8, 4) is 0 Å². The molecule has 0 saturated carbocycles. The molecule has 0 aromatic carbocycles. The molecule has 4 nitrogen and oxygen atoms in total. The Hall–Kier alpha value is -1.29. The summed E-state index contributed by atoms with van der Waals surface area (Å²) in [6.45, 7) is 2.04. The Morgan fingerprint density at radius 2 is 2.19 bits per heavy atom. The van der Waals surface area contributed by atoms with E-state index in [-0.39, 0.29) is 0 Å². The van der Waals surface area contributed by atoms with Gasteiger partial charge in [-0.2, -0.15) is 0 Å². The first kappa shape index (κ1) is 11.2. The smallest absolute Gasteiger partial charge is 0.179 e. The van der Waals surface area contributed by atoms with E-state index in [9.17, 15) is 0 Å². The second-order valence-corrected chi connectivity index (χ2v) is 4.30. The van der Waals surface area contributed by atoms with E-state index >= 15 is 0 Å². The maximum atomic E-state index is 5.79. The molecule has 2 aromatic heterocycles. The first-order valence-corrected chi connectivity index (χ1v) is 5.75. The van der Waals surface area contributed by atoms with Crippen LogP contribution in [0, 0.1) is 6.92 Å². The average molecular weight is 239 g/mol. The minimum atomic E-state index is 0.566. The van der Waals surface area contributed by atoms with E-state index in [1.54, 1.807) is 0 Å². The van der Waals surface area contributed by atoms with Gasteiger partial charge >= 0.3 is 0 Å². The van der Waals surface area contributed by atoms with Crippen molar-refractivity contribution in [1.82, 2.24) is 14.6 Å². The molecule has 0 atom stereocenters. The number of halogens is 1. The van der Waals surface area contributed by atoms with Crippen molar-refractivity contribution in [3.05, 3.63) is 23.7 Å². The Bertz CT molecular complexity index is 504. The molecule has 0 aliphatic heterocycles. The molecule has 0 bridgehead atoms. The molecule has 16 heavy (non-hydrogen) atoms. The summed E-state index contributed by atoms with van der Waals surface area (Å²) in [5, 5.41) is 1.98. The molecule has 86 valence electrons. The lowest BCUT2D eigenvalue weighted by molar-refractivity contribution is 0.697. The third kappa shape index (κ3) is 1.73. The summed E-state index contributed by atoms with van der Waals surface area (Å²) in [6, 6.07) is 1.97. The van der Waals surface area contributed by atoms with E-state index in [0.29, 0.717) is 5.88 Å². The normalized spacial score (nSPS) is 11.0. The van der Waals surface area contributed by atoms with Gasteiger partial charge in [-0.3, -0.25) is 0 Å². The Balaban J connectivity index is 2.70. The molecule has 2 heterocycles. The molecule has 0 spiro atoms. The number of nitrogens with zero attached hydrogens (tertiary/aromatic N) is 4. The van der Waals surface area contributed by atoms with Gasteiger partial charge in [-0.05, 0) is 18.6 Å². The minimum Gasteiger partial charge on any atom is -0.316 e. The van der Waals surface area contributed by atoms with Crippen LogP contribution in [0.25, 0.3) is 11.2 Å². The molecule has 0 aliphatic rings. The van der Waals surface area contributed by atoms with Crippen LogP contribution in [0.5, 0.6) is 0 Å². The quantitative estimate of drug-likeness (QED) is 0.764. The van der Waals surface area contributed by atoms with Crippen LogP contribution in [0.15, 0.2) is 12.3 Å². The maximum absolute atomic E-state index is 5.79. The number of alkyl halides is 1. The summed E-state index contributed by atoms with van der Waals surface area (Å²) in [4.78, 5) is 8.98. The van der Waals surface area contributed by atoms with Crippen LogP contribution in [0.3, 0.4) is 0 Å². The van der Waals surface area contributed by atoms with Crippen molar-refractivity contribution in [2.24, 2.45) is 0 Å². The largest absolute Gasteiger partial charge is 0.316 e. The van der Waals surface area contributed by atoms with E-state index in [2.05, 4.69) is 9.97 Å². The molecule has 0 amide bonds. The zero-order valence-electron chi connectivity index (χ0n) is 9.74. The number of rotatable bonds is 3. The van der Waals surface area contributed by atoms with Crippen molar-refractivity contribution < 1.29 is 0 Å². The SMILES string of the molecule is Cc1ccnc2c1nc(CCCl)n2N(C)C. The van der Waals surface area contributed by atoms with Gasteiger partial charge in [0, 0.05) is 32.6 Å². The number of aryl methyl sites for hydroxylation is 2. The van der Waals surface area contributed by atoms with Crippen molar-refractivity contribution >= 4 is 22.8 Å². The zero-order valence-corrected chi connectivity index (χ0v) is 10.5. The van der Waals surface area contributed by atoms with Gasteiger partial charge in [0.15, 0.2) is 5.65 Å². The molecule has 0 fully saturated rings. The fourth-order valence-corrected chi connectivity index (χ4v) is 1.96. The van der Waals surface area contributed by atoms with Crippen LogP contribution in [-0.4, -0.2) is 34.6 Å². The van der Waals surface area contributed by atoms with Gasteiger partial charge in [-0.15, -0.1) is 11.6 Å². The van der Waals surface area contributed by atoms with Crippen LogP contribution in [0.1, 0.15) is 11.4 Å². The van der Waals surface area contributed by atoms with Crippen molar-refractivity contribution in [3.63, 3.8) is 0 Å². The van der Waals surface area contributed by atoms with Gasteiger partial charge in [-0.1, -0.05) is 0 Å². The number of pyridine rings is 1. The van der Waals surface area contributed by atoms with Gasteiger partial charge in [0.05, 0.1) is 0 Å². The molecule has 0 unspecified atom stereocenters. The second-order valence-electron chi connectivity index (χ2n) is 3.93. The molecule has 0 radical (unpaired) electrons. The summed E-state index contributed by atoms with van der Waals surface area (Å²) in [5.74, 6) is 1.52. The van der Waals surface area contributed by atoms with Gasteiger partial charge in [0.2, 0.25) is 0 Å². The van der Waals surface area contributed by atoms with Crippen molar-refractivity contribution in [1.29, 1.82) is 0 Å². The summed E-state index contributed by atoms with van der Waals surface area (Å²) in [7, 11) is 3.95. The Morgan fingerprint density at radius 1 is 1.44 bits per heavy atom. The van der Waals surface area contributed by atoms with Crippen molar-refractivity contribution in [2.75, 3.05) is 25.0 Å². The fourth-order valence-electron chi connectivity index (χ4n) is 1.79. The molecule has 2 aromatic rings. The highest BCUT2D eigenvalue weighted by molar-refractivity contribution is 6.17. The zero-order chi connectivity index (χ0) is 11.7. The van der Waals surface area contributed by atoms with Crippen LogP contribution in [0.4, 0.5) is 0 Å². The average Bonchev–Trinajstić information content (AvgIpc) is 2.58. The highest BCUT2D eigenvalue weighted by atomic mass is 35.5. The molecule has 0 saturated heterocycles. The summed E-state index contributed by atoms with van der Waals surface area (Å²) in [5.41, 5.74) is 2.99. The lowest BCUT2D eigenvalue weighted by Crippen LogP contribution is -2.27. The van der Waals surface area contributed by atoms with Crippen LogP contribution < -0.4 is 5.01 Å². The van der Waals surface area contributed by atoms with E-state index in [0.717, 1.165) is 29.0 Å². The summed E-state index contributed by atoms with van der Waals surface area (Å²) >= 11 is 5.79. The van der Waals surface area contributed by atoms with Gasteiger partial charge in [-0.25, -0.2) is 14.6 Å². The maximum Gasteiger partial charge on any atom is 0.179 e. The fraction of sp³-hybridized carbons (Fsp3) is 0.455. The summed E-state index contributed by atoms with van der Waals surface area (Å²) < 4.78 is 2.00. The molecular formula is C11H15ClN4. The number of hydrogen-bond acceptors (Lipinski definition) is 3. The monoisotopic (exact) mass is 238 g/mol. The predicted molar refractivity (Wildman–Crippen MR) is 66.8 cm³/mol. The molecule has 5 heteroatoms. The van der Waals surface area contributed by atoms with E-state index < -0.39 is 0 Å². The van der Waals surface area contributed by atoms with Crippen molar-refractivity contribution in [2.45, 2.75) is 13.3 Å². The first-order chi connectivity index (χ1) is 7.65. The van der Waals surface area contributed by atoms with Gasteiger partial charge in [0.25, 0.3) is 0 Å². The van der Waals surface area contributed by atoms with Gasteiger partial charge in [0.1, 0.15) is 11.3 Å². The first-order valence-electron chi connectivity index (χ1n) is 5.21. The number of imidazole rings is 1.